The molecule has 6 heteroatoms. The number of aromatic nitrogens is 2. The van der Waals surface area contributed by atoms with E-state index in [4.69, 9.17) is 33.7 Å². The Kier molecular flexibility index (Phi) is 4.12. The summed E-state index contributed by atoms with van der Waals surface area (Å²) in [4.78, 5) is 8.55. The molecule has 2 N–H and O–H groups in total. The number of hydrogen-bond acceptors (Lipinski definition) is 4. The molecule has 1 atom stereocenters. The number of hydrogen-bond donors (Lipinski definition) is 1. The number of alkyl halides is 1. The van der Waals surface area contributed by atoms with Crippen molar-refractivity contribution >= 4 is 28.9 Å². The predicted molar refractivity (Wildman–Crippen MR) is 76.9 cm³/mol. The largest absolute Gasteiger partial charge is 0.481 e. The predicted octanol–water partition coefficient (Wildman–Crippen LogP) is 3.36. The molecular weight excluding hydrogens is 285 g/mol. The zero-order chi connectivity index (χ0) is 14.0. The Hall–Kier alpha value is -1.52. The molecule has 0 radical (unpaired) electrons. The highest BCUT2D eigenvalue weighted by Crippen LogP contribution is 2.32. The number of aryl methyl sites for hydroxylation is 1. The van der Waals surface area contributed by atoms with Crippen LogP contribution < -0.4 is 10.5 Å². The van der Waals surface area contributed by atoms with Crippen molar-refractivity contribution in [1.82, 2.24) is 9.97 Å². The molecule has 4 nitrogen and oxygen atoms in total. The molecule has 1 heterocycles. The van der Waals surface area contributed by atoms with Crippen molar-refractivity contribution in [2.24, 2.45) is 0 Å². The lowest BCUT2D eigenvalue weighted by Crippen LogP contribution is -2.05. The number of benzene rings is 1. The maximum atomic E-state index is 6.39. The van der Waals surface area contributed by atoms with Crippen LogP contribution in [0.2, 0.25) is 5.02 Å². The molecule has 1 aromatic carbocycles. The number of nitrogen functional groups attached to an aromatic ring is 1. The van der Waals surface area contributed by atoms with Gasteiger partial charge in [-0.3, -0.25) is 0 Å². The van der Waals surface area contributed by atoms with Crippen molar-refractivity contribution < 1.29 is 4.74 Å². The van der Waals surface area contributed by atoms with Crippen molar-refractivity contribution in [1.29, 1.82) is 0 Å². The fourth-order valence-electron chi connectivity index (χ4n) is 1.70. The second-order valence-electron chi connectivity index (χ2n) is 4.05. The number of halogens is 2. The summed E-state index contributed by atoms with van der Waals surface area (Å²) in [5.41, 5.74) is 7.92. The number of nitrogens with zero attached hydrogens (tertiary/aromatic N) is 2. The lowest BCUT2D eigenvalue weighted by Gasteiger charge is -2.13. The van der Waals surface area contributed by atoms with E-state index in [1.165, 1.54) is 0 Å². The third-order valence-electron chi connectivity index (χ3n) is 2.61. The second kappa shape index (κ2) is 5.63. The zero-order valence-corrected chi connectivity index (χ0v) is 12.0. The molecule has 0 aliphatic rings. The molecule has 2 rings (SSSR count). The molecule has 100 valence electrons. The molecule has 0 saturated carbocycles. The minimum atomic E-state index is -0.550. The van der Waals surface area contributed by atoms with E-state index in [0.717, 1.165) is 11.3 Å². The fourth-order valence-corrected chi connectivity index (χ4v) is 2.17. The molecule has 1 unspecified atom stereocenters. The Morgan fingerprint density at radius 3 is 2.63 bits per heavy atom. The average molecular weight is 298 g/mol. The summed E-state index contributed by atoms with van der Waals surface area (Å²) < 4.78 is 5.11. The highest BCUT2D eigenvalue weighted by atomic mass is 35.5. The first-order chi connectivity index (χ1) is 9.01. The quantitative estimate of drug-likeness (QED) is 0.697. The van der Waals surface area contributed by atoms with Gasteiger partial charge in [-0.2, -0.15) is 4.98 Å². The summed E-state index contributed by atoms with van der Waals surface area (Å²) in [5, 5.41) is 0.0129. The van der Waals surface area contributed by atoms with Gasteiger partial charge < -0.3 is 10.5 Å². The summed E-state index contributed by atoms with van der Waals surface area (Å²) in [6.45, 7) is 1.85. The third kappa shape index (κ3) is 3.08. The van der Waals surface area contributed by atoms with Crippen LogP contribution in [0.15, 0.2) is 24.3 Å². The first kappa shape index (κ1) is 13.9. The van der Waals surface area contributed by atoms with E-state index in [1.807, 2.05) is 6.92 Å². The first-order valence-electron chi connectivity index (χ1n) is 5.60. The Morgan fingerprint density at radius 1 is 1.26 bits per heavy atom. The molecule has 2 aromatic rings. The van der Waals surface area contributed by atoms with Gasteiger partial charge >= 0.3 is 0 Å². The van der Waals surface area contributed by atoms with E-state index in [0.29, 0.717) is 22.4 Å². The van der Waals surface area contributed by atoms with Crippen molar-refractivity contribution in [3.63, 3.8) is 0 Å². The summed E-state index contributed by atoms with van der Waals surface area (Å²) in [6, 6.07) is 6.89. The molecular formula is C13H13Cl2N3O. The minimum absolute atomic E-state index is 0.451. The van der Waals surface area contributed by atoms with E-state index in [1.54, 1.807) is 31.4 Å². The van der Waals surface area contributed by atoms with Gasteiger partial charge in [0, 0.05) is 28.0 Å². The smallest absolute Gasteiger partial charge is 0.216 e. The van der Waals surface area contributed by atoms with Crippen LogP contribution in [0.25, 0.3) is 0 Å². The van der Waals surface area contributed by atoms with Crippen LogP contribution in [0.5, 0.6) is 5.88 Å². The molecule has 1 aromatic heterocycles. The number of rotatable bonds is 3. The van der Waals surface area contributed by atoms with E-state index < -0.39 is 5.38 Å². The maximum Gasteiger partial charge on any atom is 0.216 e. The van der Waals surface area contributed by atoms with Gasteiger partial charge in [0.05, 0.1) is 7.11 Å². The summed E-state index contributed by atoms with van der Waals surface area (Å²) >= 11 is 12.3. The number of nitrogens with two attached hydrogens (primary N) is 1. The first-order valence-corrected chi connectivity index (χ1v) is 6.41. The standard InChI is InChI=1S/C13H13Cl2N3O/c1-7-5-11(19-2)18-13(17-7)12(15)9-4-3-8(14)6-10(9)16/h3-6,12H,16H2,1-2H3. The van der Waals surface area contributed by atoms with Crippen LogP contribution in [0.3, 0.4) is 0 Å². The van der Waals surface area contributed by atoms with Crippen molar-refractivity contribution in [2.45, 2.75) is 12.3 Å². The molecule has 0 aliphatic carbocycles. The molecule has 0 amide bonds. The van der Waals surface area contributed by atoms with E-state index in [9.17, 15) is 0 Å². The molecule has 19 heavy (non-hydrogen) atoms. The molecule has 0 spiro atoms. The highest BCUT2D eigenvalue weighted by molar-refractivity contribution is 6.31. The van der Waals surface area contributed by atoms with E-state index in [2.05, 4.69) is 9.97 Å². The number of ether oxygens (including phenoxy) is 1. The van der Waals surface area contributed by atoms with Gasteiger partial charge in [-0.25, -0.2) is 4.98 Å². The molecule has 0 fully saturated rings. The summed E-state index contributed by atoms with van der Waals surface area (Å²) in [7, 11) is 1.55. The Morgan fingerprint density at radius 2 is 2.00 bits per heavy atom. The average Bonchev–Trinajstić information content (AvgIpc) is 2.37. The lowest BCUT2D eigenvalue weighted by atomic mass is 10.1. The van der Waals surface area contributed by atoms with Gasteiger partial charge in [-0.1, -0.05) is 17.7 Å². The summed E-state index contributed by atoms with van der Waals surface area (Å²) in [6.07, 6.45) is 0. The molecule has 0 aliphatic heterocycles. The van der Waals surface area contributed by atoms with Gasteiger partial charge in [0.1, 0.15) is 5.38 Å². The Bertz CT molecular complexity index is 604. The van der Waals surface area contributed by atoms with Crippen molar-refractivity contribution in [3.8, 4) is 5.88 Å². The van der Waals surface area contributed by atoms with Gasteiger partial charge in [-0.15, -0.1) is 11.6 Å². The van der Waals surface area contributed by atoms with Crippen LogP contribution in [-0.4, -0.2) is 17.1 Å². The highest BCUT2D eigenvalue weighted by Gasteiger charge is 2.18. The third-order valence-corrected chi connectivity index (χ3v) is 3.27. The van der Waals surface area contributed by atoms with Crippen LogP contribution in [-0.2, 0) is 0 Å². The van der Waals surface area contributed by atoms with Crippen molar-refractivity contribution in [2.75, 3.05) is 12.8 Å². The van der Waals surface area contributed by atoms with Crippen LogP contribution in [0.4, 0.5) is 5.69 Å². The Labute approximate surface area is 121 Å². The van der Waals surface area contributed by atoms with E-state index >= 15 is 0 Å². The van der Waals surface area contributed by atoms with Crippen LogP contribution in [0, 0.1) is 6.92 Å². The number of methoxy groups -OCH3 is 1. The molecule has 0 saturated heterocycles. The topological polar surface area (TPSA) is 61.0 Å². The summed E-state index contributed by atoms with van der Waals surface area (Å²) in [5.74, 6) is 0.924. The maximum absolute atomic E-state index is 6.39. The lowest BCUT2D eigenvalue weighted by molar-refractivity contribution is 0.394. The van der Waals surface area contributed by atoms with Gasteiger partial charge in [0.2, 0.25) is 5.88 Å². The monoisotopic (exact) mass is 297 g/mol. The van der Waals surface area contributed by atoms with Gasteiger partial charge in [-0.05, 0) is 19.1 Å². The Balaban J connectivity index is 2.43. The van der Waals surface area contributed by atoms with Crippen LogP contribution in [0.1, 0.15) is 22.5 Å². The van der Waals surface area contributed by atoms with Crippen LogP contribution >= 0.6 is 23.2 Å². The van der Waals surface area contributed by atoms with Crippen molar-refractivity contribution in [3.05, 3.63) is 46.4 Å². The normalized spacial score (nSPS) is 12.2. The van der Waals surface area contributed by atoms with E-state index in [-0.39, 0.29) is 0 Å². The SMILES string of the molecule is COc1cc(C)nc(C(Cl)c2ccc(Cl)cc2N)n1. The molecule has 0 bridgehead atoms. The number of anilines is 1. The van der Waals surface area contributed by atoms with Gasteiger partial charge in [0.15, 0.2) is 5.82 Å². The fraction of sp³-hybridized carbons (Fsp3) is 0.231. The zero-order valence-electron chi connectivity index (χ0n) is 10.5. The minimum Gasteiger partial charge on any atom is -0.481 e. The van der Waals surface area contributed by atoms with Gasteiger partial charge in [0.25, 0.3) is 0 Å². The second-order valence-corrected chi connectivity index (χ2v) is 4.92.